The number of rotatable bonds is 0. The third kappa shape index (κ3) is 1.60. The van der Waals surface area contributed by atoms with Crippen LogP contribution in [0.3, 0.4) is 0 Å². The van der Waals surface area contributed by atoms with Gasteiger partial charge in [-0.2, -0.15) is 0 Å². The largest absolute Gasteiger partial charge is 0.357 e. The Labute approximate surface area is 138 Å². The number of hydrogen-bond acceptors (Lipinski definition) is 2. The van der Waals surface area contributed by atoms with E-state index in [0.29, 0.717) is 18.1 Å². The summed E-state index contributed by atoms with van der Waals surface area (Å²) in [7, 11) is 1.77. The molecule has 0 spiro atoms. The predicted molar refractivity (Wildman–Crippen MR) is 94.2 cm³/mol. The zero-order valence-corrected chi connectivity index (χ0v) is 13.5. The molecule has 0 bridgehead atoms. The molecule has 114 valence electrons. The number of thiocarbonyl (C=S) groups is 1. The van der Waals surface area contributed by atoms with Gasteiger partial charge in [-0.1, -0.05) is 30.3 Å². The predicted octanol–water partition coefficient (Wildman–Crippen LogP) is 2.80. The second-order valence-electron chi connectivity index (χ2n) is 6.32. The van der Waals surface area contributed by atoms with Crippen molar-refractivity contribution >= 4 is 44.9 Å². The SMILES string of the molecule is CN1C(=O)C2Cc3c([nH]c4ccc5ccccc5c34)CN2C1=S. The van der Waals surface area contributed by atoms with Crippen molar-refractivity contribution < 1.29 is 4.79 Å². The summed E-state index contributed by atoms with van der Waals surface area (Å²) < 4.78 is 0. The Morgan fingerprint density at radius 1 is 1.22 bits per heavy atom. The molecule has 0 aliphatic carbocycles. The Bertz CT molecular complexity index is 1010. The molecular weight excluding hydrogens is 306 g/mol. The average molecular weight is 321 g/mol. The highest BCUT2D eigenvalue weighted by Gasteiger charge is 2.44. The first-order chi connectivity index (χ1) is 11.1. The van der Waals surface area contributed by atoms with E-state index in [4.69, 9.17) is 12.2 Å². The summed E-state index contributed by atoms with van der Waals surface area (Å²) in [5.74, 6) is 0.107. The van der Waals surface area contributed by atoms with Crippen LogP contribution in [0.1, 0.15) is 11.3 Å². The molecule has 1 saturated heterocycles. The van der Waals surface area contributed by atoms with Crippen LogP contribution in [0.15, 0.2) is 36.4 Å². The van der Waals surface area contributed by atoms with Gasteiger partial charge in [0.2, 0.25) is 0 Å². The van der Waals surface area contributed by atoms with Crippen molar-refractivity contribution in [3.8, 4) is 0 Å². The van der Waals surface area contributed by atoms with Gasteiger partial charge in [-0.25, -0.2) is 0 Å². The number of benzene rings is 2. The Morgan fingerprint density at radius 3 is 2.91 bits per heavy atom. The second-order valence-corrected chi connectivity index (χ2v) is 6.68. The number of amides is 1. The first-order valence-electron chi connectivity index (χ1n) is 7.74. The molecule has 3 aromatic rings. The number of H-pyrrole nitrogens is 1. The van der Waals surface area contributed by atoms with E-state index in [9.17, 15) is 4.79 Å². The Hall–Kier alpha value is -2.40. The molecule has 2 aromatic carbocycles. The minimum absolute atomic E-state index is 0.107. The monoisotopic (exact) mass is 321 g/mol. The summed E-state index contributed by atoms with van der Waals surface area (Å²) in [6, 6.07) is 12.5. The summed E-state index contributed by atoms with van der Waals surface area (Å²) >= 11 is 5.42. The van der Waals surface area contributed by atoms with Gasteiger partial charge in [-0.05, 0) is 34.6 Å². The summed E-state index contributed by atoms with van der Waals surface area (Å²) in [5.41, 5.74) is 3.59. The van der Waals surface area contributed by atoms with E-state index in [1.807, 2.05) is 4.90 Å². The van der Waals surface area contributed by atoms with Crippen molar-refractivity contribution in [2.75, 3.05) is 7.05 Å². The standard InChI is InChI=1S/C18H15N3OS/c1-20-17(22)15-8-12-14(9-21(15)18(20)23)19-13-7-6-10-4-2-3-5-11(10)16(12)13/h2-7,15,19H,8-9H2,1H3. The minimum Gasteiger partial charge on any atom is -0.357 e. The van der Waals surface area contributed by atoms with Gasteiger partial charge >= 0.3 is 0 Å². The lowest BCUT2D eigenvalue weighted by molar-refractivity contribution is -0.127. The Kier molecular flexibility index (Phi) is 2.46. The fourth-order valence-electron chi connectivity index (χ4n) is 3.97. The molecule has 1 aromatic heterocycles. The van der Waals surface area contributed by atoms with Crippen LogP contribution in [0.4, 0.5) is 0 Å². The molecule has 0 radical (unpaired) electrons. The normalized spacial score (nSPS) is 20.5. The van der Waals surface area contributed by atoms with Gasteiger partial charge in [0.15, 0.2) is 5.11 Å². The van der Waals surface area contributed by atoms with Gasteiger partial charge in [0.05, 0.1) is 6.54 Å². The molecule has 3 heterocycles. The number of nitrogens with one attached hydrogen (secondary N) is 1. The third-order valence-electron chi connectivity index (χ3n) is 5.13. The molecular formula is C18H15N3OS. The van der Waals surface area contributed by atoms with Crippen LogP contribution in [0.25, 0.3) is 21.7 Å². The molecule has 5 heteroatoms. The Morgan fingerprint density at radius 2 is 2.04 bits per heavy atom. The third-order valence-corrected chi connectivity index (χ3v) is 5.64. The molecule has 1 N–H and O–H groups in total. The molecule has 2 aliphatic rings. The highest BCUT2D eigenvalue weighted by atomic mass is 32.1. The lowest BCUT2D eigenvalue weighted by Gasteiger charge is -2.28. The number of hydrogen-bond donors (Lipinski definition) is 1. The minimum atomic E-state index is -0.155. The van der Waals surface area contributed by atoms with Crippen molar-refractivity contribution in [3.05, 3.63) is 47.7 Å². The van der Waals surface area contributed by atoms with E-state index < -0.39 is 0 Å². The summed E-state index contributed by atoms with van der Waals surface area (Å²) in [6.07, 6.45) is 0.715. The zero-order valence-electron chi connectivity index (χ0n) is 12.7. The van der Waals surface area contributed by atoms with Crippen molar-refractivity contribution in [1.29, 1.82) is 0 Å². The van der Waals surface area contributed by atoms with Crippen LogP contribution >= 0.6 is 12.2 Å². The molecule has 23 heavy (non-hydrogen) atoms. The maximum Gasteiger partial charge on any atom is 0.251 e. The number of likely N-dealkylation sites (N-methyl/N-ethyl adjacent to an activating group) is 1. The van der Waals surface area contributed by atoms with E-state index in [1.54, 1.807) is 11.9 Å². The van der Waals surface area contributed by atoms with Gasteiger partial charge in [0.25, 0.3) is 5.91 Å². The first-order valence-corrected chi connectivity index (χ1v) is 8.15. The lowest BCUT2D eigenvalue weighted by Crippen LogP contribution is -2.39. The fourth-order valence-corrected chi connectivity index (χ4v) is 4.25. The maximum atomic E-state index is 12.5. The van der Waals surface area contributed by atoms with Crippen molar-refractivity contribution in [1.82, 2.24) is 14.8 Å². The maximum absolute atomic E-state index is 12.5. The molecule has 4 nitrogen and oxygen atoms in total. The lowest BCUT2D eigenvalue weighted by atomic mass is 9.95. The number of carbonyl (C=O) groups is 1. The number of aromatic amines is 1. The summed E-state index contributed by atoms with van der Waals surface area (Å²) in [5, 5.41) is 4.37. The van der Waals surface area contributed by atoms with Crippen LogP contribution in [-0.2, 0) is 17.8 Å². The van der Waals surface area contributed by atoms with E-state index in [2.05, 4.69) is 41.4 Å². The molecule has 1 fully saturated rings. The summed E-state index contributed by atoms with van der Waals surface area (Å²) in [4.78, 5) is 19.7. The second kappa shape index (κ2) is 4.32. The average Bonchev–Trinajstić information content (AvgIpc) is 3.05. The zero-order chi connectivity index (χ0) is 15.7. The highest BCUT2D eigenvalue weighted by Crippen LogP contribution is 2.37. The van der Waals surface area contributed by atoms with Crippen LogP contribution in [0, 0.1) is 0 Å². The molecule has 1 amide bonds. The van der Waals surface area contributed by atoms with Gasteiger partial charge in [-0.15, -0.1) is 0 Å². The molecule has 5 rings (SSSR count). The summed E-state index contributed by atoms with van der Waals surface area (Å²) in [6.45, 7) is 0.678. The topological polar surface area (TPSA) is 39.3 Å². The highest BCUT2D eigenvalue weighted by molar-refractivity contribution is 7.80. The van der Waals surface area contributed by atoms with E-state index in [0.717, 1.165) is 5.52 Å². The van der Waals surface area contributed by atoms with Crippen molar-refractivity contribution in [2.45, 2.75) is 19.0 Å². The number of fused-ring (bicyclic) bond motifs is 6. The van der Waals surface area contributed by atoms with Gasteiger partial charge in [0, 0.05) is 30.1 Å². The molecule has 1 atom stereocenters. The van der Waals surface area contributed by atoms with Crippen molar-refractivity contribution in [3.63, 3.8) is 0 Å². The van der Waals surface area contributed by atoms with Gasteiger partial charge in [-0.3, -0.25) is 9.69 Å². The van der Waals surface area contributed by atoms with Crippen LogP contribution < -0.4 is 0 Å². The van der Waals surface area contributed by atoms with Crippen LogP contribution in [0.5, 0.6) is 0 Å². The van der Waals surface area contributed by atoms with Crippen LogP contribution in [0.2, 0.25) is 0 Å². The fraction of sp³-hybridized carbons (Fsp3) is 0.222. The van der Waals surface area contributed by atoms with E-state index in [-0.39, 0.29) is 11.9 Å². The molecule has 0 saturated carbocycles. The van der Waals surface area contributed by atoms with Crippen molar-refractivity contribution in [2.24, 2.45) is 0 Å². The van der Waals surface area contributed by atoms with Gasteiger partial charge < -0.3 is 9.88 Å². The van der Waals surface area contributed by atoms with Crippen LogP contribution in [-0.4, -0.2) is 38.9 Å². The number of carbonyl (C=O) groups excluding carboxylic acids is 1. The van der Waals surface area contributed by atoms with E-state index >= 15 is 0 Å². The first kappa shape index (κ1) is 13.1. The van der Waals surface area contributed by atoms with Gasteiger partial charge in [0.1, 0.15) is 6.04 Å². The quantitative estimate of drug-likeness (QED) is 0.647. The molecule has 1 unspecified atom stereocenters. The number of aromatic nitrogens is 1. The number of nitrogens with zero attached hydrogens (tertiary/aromatic N) is 2. The van der Waals surface area contributed by atoms with E-state index in [1.165, 1.54) is 27.4 Å². The Balaban J connectivity index is 1.76. The smallest absolute Gasteiger partial charge is 0.251 e. The molecule has 2 aliphatic heterocycles.